The largest absolute Gasteiger partial charge is 0.457 e. The summed E-state index contributed by atoms with van der Waals surface area (Å²) in [6.45, 7) is 9.95. The number of ketones is 1. The van der Waals surface area contributed by atoms with Gasteiger partial charge in [0.15, 0.2) is 11.6 Å². The molecule has 2 atom stereocenters. The summed E-state index contributed by atoms with van der Waals surface area (Å²) >= 11 is 0. The van der Waals surface area contributed by atoms with Crippen LogP contribution in [0.4, 0.5) is 13.2 Å². The fourth-order valence-electron chi connectivity index (χ4n) is 3.96. The van der Waals surface area contributed by atoms with Crippen molar-refractivity contribution in [2.75, 3.05) is 0 Å². The molecule has 196 valence electrons. The van der Waals surface area contributed by atoms with Crippen LogP contribution in [0.1, 0.15) is 89.5 Å². The van der Waals surface area contributed by atoms with Crippen LogP contribution >= 0.6 is 0 Å². The number of esters is 1. The highest BCUT2D eigenvalue weighted by atomic mass is 19.2. The molecular formula is C29H36F3NO3. The van der Waals surface area contributed by atoms with Crippen molar-refractivity contribution in [1.82, 2.24) is 0 Å². The first-order chi connectivity index (χ1) is 17.1. The maximum absolute atomic E-state index is 12.6. The van der Waals surface area contributed by atoms with E-state index in [2.05, 4.69) is 20.8 Å². The van der Waals surface area contributed by atoms with Crippen LogP contribution in [0.15, 0.2) is 36.4 Å². The Balaban J connectivity index is 0.000000295. The summed E-state index contributed by atoms with van der Waals surface area (Å²) in [6, 6.07) is 10.3. The molecule has 0 spiro atoms. The second kappa shape index (κ2) is 15.8. The summed E-state index contributed by atoms with van der Waals surface area (Å²) in [5.41, 5.74) is 1.37. The van der Waals surface area contributed by atoms with E-state index in [1.165, 1.54) is 32.6 Å². The van der Waals surface area contributed by atoms with Gasteiger partial charge in [-0.1, -0.05) is 65.5 Å². The van der Waals surface area contributed by atoms with Crippen LogP contribution in [0.3, 0.4) is 0 Å². The van der Waals surface area contributed by atoms with Gasteiger partial charge in [-0.15, -0.1) is 0 Å². The second-order valence-corrected chi connectivity index (χ2v) is 8.96. The number of cyclic esters (lactones) is 1. The number of rotatable bonds is 7. The lowest BCUT2D eigenvalue weighted by Crippen LogP contribution is -2.15. The summed E-state index contributed by atoms with van der Waals surface area (Å²) in [7, 11) is 0. The van der Waals surface area contributed by atoms with Gasteiger partial charge in [-0.05, 0) is 48.6 Å². The van der Waals surface area contributed by atoms with Gasteiger partial charge in [0.2, 0.25) is 0 Å². The van der Waals surface area contributed by atoms with Crippen molar-refractivity contribution in [2.45, 2.75) is 79.2 Å². The van der Waals surface area contributed by atoms with Gasteiger partial charge in [-0.25, -0.2) is 13.2 Å². The number of Topliss-reactive ketones (excluding diaryl/α,β-unsaturated/α-hetero) is 1. The fraction of sp³-hybridized carbons (Fsp3) is 0.483. The molecule has 2 aromatic rings. The maximum Gasteiger partial charge on any atom is 0.307 e. The highest BCUT2D eigenvalue weighted by Gasteiger charge is 2.38. The minimum Gasteiger partial charge on any atom is -0.457 e. The lowest BCUT2D eigenvalue weighted by atomic mass is 9.92. The first-order valence-electron chi connectivity index (χ1n) is 12.4. The molecule has 0 aromatic heterocycles. The van der Waals surface area contributed by atoms with Gasteiger partial charge in [-0.2, -0.15) is 5.26 Å². The second-order valence-electron chi connectivity index (χ2n) is 8.96. The van der Waals surface area contributed by atoms with Crippen molar-refractivity contribution in [3.05, 3.63) is 70.5 Å². The Morgan fingerprint density at radius 1 is 1.08 bits per heavy atom. The highest BCUT2D eigenvalue weighted by molar-refractivity contribution is 5.86. The van der Waals surface area contributed by atoms with Crippen LogP contribution < -0.4 is 0 Å². The molecule has 3 rings (SSSR count). The molecule has 4 nitrogen and oxygen atoms in total. The number of ether oxygens (including phenoxy) is 1. The third-order valence-corrected chi connectivity index (χ3v) is 5.91. The van der Waals surface area contributed by atoms with Crippen molar-refractivity contribution < 1.29 is 27.5 Å². The first-order valence-corrected chi connectivity index (χ1v) is 12.4. The zero-order chi connectivity index (χ0) is 27.3. The number of carbonyl (C=O) groups is 2. The molecule has 0 N–H and O–H groups in total. The van der Waals surface area contributed by atoms with Crippen LogP contribution in [0.2, 0.25) is 0 Å². The molecule has 0 saturated carbocycles. The Morgan fingerprint density at radius 3 is 2.14 bits per heavy atom. The molecule has 2 aromatic carbocycles. The van der Waals surface area contributed by atoms with E-state index in [4.69, 9.17) is 10.00 Å². The molecule has 1 unspecified atom stereocenters. The van der Waals surface area contributed by atoms with E-state index in [-0.39, 0.29) is 23.7 Å². The fourth-order valence-corrected chi connectivity index (χ4v) is 3.96. The molecule has 0 bridgehead atoms. The molecule has 0 amide bonds. The van der Waals surface area contributed by atoms with Crippen LogP contribution in [0.5, 0.6) is 0 Å². The summed E-state index contributed by atoms with van der Waals surface area (Å²) in [5, 5.41) is 8.69. The monoisotopic (exact) mass is 503 g/mol. The standard InChI is InChI=1S/C13H11NO3.C8H7F3.C8H18/c1-8(15)11-6-12(16)17-13(11)10-4-2-9(7-14)3-5-10;1-2-5-3-6(9)4-7(10)8(5)11;1-4-6-8(3)7-5-2/h2-5,11,13H,6H2,1H3;3-4H,2H2,1H3;8H,4-7H2,1-3H3/t11-,13?;;/m1../s1. The normalized spacial score (nSPS) is 16.3. The highest BCUT2D eigenvalue weighted by Crippen LogP contribution is 2.35. The van der Waals surface area contributed by atoms with E-state index in [0.29, 0.717) is 18.1 Å². The minimum atomic E-state index is -1.12. The number of hydrogen-bond acceptors (Lipinski definition) is 4. The van der Waals surface area contributed by atoms with E-state index in [0.717, 1.165) is 17.5 Å². The van der Waals surface area contributed by atoms with Crippen molar-refractivity contribution >= 4 is 11.8 Å². The molecule has 0 radical (unpaired) electrons. The average Bonchev–Trinajstić information content (AvgIpc) is 3.24. The molecule has 1 aliphatic rings. The van der Waals surface area contributed by atoms with Gasteiger partial charge >= 0.3 is 5.97 Å². The van der Waals surface area contributed by atoms with Gasteiger partial charge < -0.3 is 4.74 Å². The first kappa shape index (κ1) is 30.9. The predicted octanol–water partition coefficient (Wildman–Crippen LogP) is 7.64. The van der Waals surface area contributed by atoms with Crippen molar-refractivity contribution in [1.29, 1.82) is 5.26 Å². The van der Waals surface area contributed by atoms with E-state index in [1.54, 1.807) is 31.2 Å². The predicted molar refractivity (Wildman–Crippen MR) is 133 cm³/mol. The topological polar surface area (TPSA) is 67.2 Å². The Bertz CT molecular complexity index is 1030. The Labute approximate surface area is 212 Å². The Morgan fingerprint density at radius 2 is 1.67 bits per heavy atom. The Kier molecular flexibility index (Phi) is 13.5. The smallest absolute Gasteiger partial charge is 0.307 e. The van der Waals surface area contributed by atoms with Gasteiger partial charge in [0.1, 0.15) is 17.7 Å². The molecule has 1 aliphatic heterocycles. The van der Waals surface area contributed by atoms with Gasteiger partial charge in [0.05, 0.1) is 24.0 Å². The van der Waals surface area contributed by atoms with Gasteiger partial charge in [0.25, 0.3) is 0 Å². The third-order valence-electron chi connectivity index (χ3n) is 5.91. The van der Waals surface area contributed by atoms with E-state index < -0.39 is 29.5 Å². The van der Waals surface area contributed by atoms with Crippen molar-refractivity contribution in [3.8, 4) is 6.07 Å². The molecule has 1 saturated heterocycles. The molecule has 7 heteroatoms. The van der Waals surface area contributed by atoms with Gasteiger partial charge in [0, 0.05) is 6.07 Å². The van der Waals surface area contributed by atoms with Crippen LogP contribution in [0, 0.1) is 40.6 Å². The summed E-state index contributed by atoms with van der Waals surface area (Å²) in [6.07, 6.45) is 5.44. The quantitative estimate of drug-likeness (QED) is 0.288. The zero-order valence-corrected chi connectivity index (χ0v) is 21.7. The molecular weight excluding hydrogens is 467 g/mol. The average molecular weight is 504 g/mol. The molecule has 1 fully saturated rings. The molecule has 36 heavy (non-hydrogen) atoms. The lowest BCUT2D eigenvalue weighted by molar-refractivity contribution is -0.141. The Hall–Kier alpha value is -3.14. The molecule has 0 aliphatic carbocycles. The summed E-state index contributed by atoms with van der Waals surface area (Å²) in [4.78, 5) is 22.7. The number of benzene rings is 2. The SMILES string of the molecule is CC(=O)[C@H]1CC(=O)OC1c1ccc(C#N)cc1.CCCC(C)CCC.CCc1cc(F)cc(F)c1F. The molecule has 1 heterocycles. The number of nitrogens with zero attached hydrogens (tertiary/aromatic N) is 1. The van der Waals surface area contributed by atoms with Gasteiger partial charge in [-0.3, -0.25) is 9.59 Å². The number of carbonyl (C=O) groups excluding carboxylic acids is 2. The van der Waals surface area contributed by atoms with E-state index in [1.807, 2.05) is 6.07 Å². The number of halogens is 3. The van der Waals surface area contributed by atoms with Crippen LogP contribution in [-0.4, -0.2) is 11.8 Å². The van der Waals surface area contributed by atoms with Crippen LogP contribution in [-0.2, 0) is 20.7 Å². The lowest BCUT2D eigenvalue weighted by Gasteiger charge is -2.15. The summed E-state index contributed by atoms with van der Waals surface area (Å²) < 4.78 is 42.6. The van der Waals surface area contributed by atoms with Crippen molar-refractivity contribution in [2.24, 2.45) is 11.8 Å². The maximum atomic E-state index is 12.6. The number of nitriles is 1. The van der Waals surface area contributed by atoms with E-state index >= 15 is 0 Å². The minimum absolute atomic E-state index is 0.0507. The number of aryl methyl sites for hydroxylation is 1. The van der Waals surface area contributed by atoms with Crippen LogP contribution in [0.25, 0.3) is 0 Å². The number of hydrogen-bond donors (Lipinski definition) is 0. The van der Waals surface area contributed by atoms with Crippen molar-refractivity contribution in [3.63, 3.8) is 0 Å². The summed E-state index contributed by atoms with van der Waals surface area (Å²) in [5.74, 6) is -2.65. The zero-order valence-electron chi connectivity index (χ0n) is 21.7. The third kappa shape index (κ3) is 9.85. The van der Waals surface area contributed by atoms with E-state index in [9.17, 15) is 22.8 Å².